The van der Waals surface area contributed by atoms with Gasteiger partial charge in [0, 0.05) is 55.0 Å². The predicted octanol–water partition coefficient (Wildman–Crippen LogP) is 3.00. The minimum absolute atomic E-state index is 0.145. The highest BCUT2D eigenvalue weighted by Crippen LogP contribution is 2.38. The minimum Gasteiger partial charge on any atom is -0.493 e. The maximum atomic E-state index is 12.9. The largest absolute Gasteiger partial charge is 0.493 e. The van der Waals surface area contributed by atoms with Gasteiger partial charge in [-0.2, -0.15) is 0 Å². The van der Waals surface area contributed by atoms with Crippen LogP contribution in [0.25, 0.3) is 10.1 Å². The van der Waals surface area contributed by atoms with Crippen LogP contribution in [0.15, 0.2) is 30.3 Å². The number of amides is 3. The van der Waals surface area contributed by atoms with E-state index in [9.17, 15) is 36.0 Å². The minimum atomic E-state index is -3.73. The number of Topliss-reactive ketones (excluding diaryl/α,β-unsaturated/α-hetero) is 1. The van der Waals surface area contributed by atoms with Gasteiger partial charge in [-0.1, -0.05) is 13.8 Å². The summed E-state index contributed by atoms with van der Waals surface area (Å²) in [4.78, 5) is 52.0. The summed E-state index contributed by atoms with van der Waals surface area (Å²) < 4.78 is 73.1. The van der Waals surface area contributed by atoms with Gasteiger partial charge in [-0.25, -0.2) is 16.8 Å². The zero-order valence-corrected chi connectivity index (χ0v) is 31.5. The molecule has 3 amide bonds. The first kappa shape index (κ1) is 39.4. The van der Waals surface area contributed by atoms with Gasteiger partial charge in [-0.3, -0.25) is 28.6 Å². The molecule has 278 valence electrons. The van der Waals surface area contributed by atoms with Crippen LogP contribution in [0.4, 0.5) is 0 Å². The van der Waals surface area contributed by atoms with E-state index in [1.165, 1.54) is 39.4 Å². The third-order valence-electron chi connectivity index (χ3n) is 7.88. The predicted molar refractivity (Wildman–Crippen MR) is 189 cm³/mol. The maximum absolute atomic E-state index is 12.9. The second-order valence-corrected chi connectivity index (χ2v) is 16.9. The van der Waals surface area contributed by atoms with Crippen LogP contribution in [0, 0.1) is 11.8 Å². The number of fused-ring (bicyclic) bond motifs is 2. The number of hydrogen-bond acceptors (Lipinski definition) is 13. The fourth-order valence-corrected chi connectivity index (χ4v) is 7.41. The molecule has 0 radical (unpaired) electrons. The molecule has 0 saturated heterocycles. The van der Waals surface area contributed by atoms with Gasteiger partial charge in [0.1, 0.15) is 0 Å². The van der Waals surface area contributed by atoms with E-state index < -0.39 is 43.7 Å². The van der Waals surface area contributed by atoms with Crippen LogP contribution in [0.2, 0.25) is 0 Å². The summed E-state index contributed by atoms with van der Waals surface area (Å²) in [7, 11) is -4.44. The number of nitrogens with zero attached hydrogens (tertiary/aromatic N) is 1. The van der Waals surface area contributed by atoms with Crippen LogP contribution in [0.3, 0.4) is 0 Å². The number of nitrogens with one attached hydrogen (secondary N) is 2. The monoisotopic (exact) mass is 767 g/mol. The van der Waals surface area contributed by atoms with E-state index in [1.54, 1.807) is 29.2 Å². The molecule has 0 saturated carbocycles. The fraction of sp³-hybridized carbons (Fsp3) is 0.455. The normalized spacial score (nSPS) is 14.0. The van der Waals surface area contributed by atoms with Crippen molar-refractivity contribution in [1.82, 2.24) is 14.3 Å². The fourth-order valence-electron chi connectivity index (χ4n) is 5.26. The summed E-state index contributed by atoms with van der Waals surface area (Å²) in [6, 6.07) is 8.84. The molecule has 2 aromatic carbocycles. The van der Waals surface area contributed by atoms with Gasteiger partial charge < -0.3 is 23.8 Å². The van der Waals surface area contributed by atoms with Crippen molar-refractivity contribution in [3.8, 4) is 23.0 Å². The van der Waals surface area contributed by atoms with Crippen molar-refractivity contribution in [3.63, 3.8) is 0 Å². The SMILES string of the molecule is COc1cc2c(cc1OCCCOc1cc3cc(C(=O)CC(C)C(=O)NS(C)(=O)=O)sc3cc1OC)CN(C(=O)CC(C)C(=O)NS(C)(=O)=O)C2. The molecule has 1 aliphatic rings. The summed E-state index contributed by atoms with van der Waals surface area (Å²) in [6.45, 7) is 4.14. The molecule has 0 aliphatic carbocycles. The maximum Gasteiger partial charge on any atom is 0.236 e. The number of sulfonamides is 2. The van der Waals surface area contributed by atoms with E-state index in [0.717, 1.165) is 33.7 Å². The zero-order chi connectivity index (χ0) is 37.7. The second-order valence-electron chi connectivity index (χ2n) is 12.3. The molecule has 3 aromatic rings. The van der Waals surface area contributed by atoms with Crippen LogP contribution in [-0.4, -0.2) is 85.2 Å². The molecule has 2 atom stereocenters. The van der Waals surface area contributed by atoms with Crippen molar-refractivity contribution in [2.24, 2.45) is 11.8 Å². The number of carbonyl (C=O) groups excluding carboxylic acids is 4. The highest BCUT2D eigenvalue weighted by atomic mass is 32.2. The Bertz CT molecular complexity index is 2040. The number of thiophene rings is 1. The lowest BCUT2D eigenvalue weighted by atomic mass is 10.0. The molecule has 15 nitrogen and oxygen atoms in total. The van der Waals surface area contributed by atoms with Crippen LogP contribution in [0.5, 0.6) is 23.0 Å². The third-order valence-corrected chi connectivity index (χ3v) is 10.2. The van der Waals surface area contributed by atoms with E-state index >= 15 is 0 Å². The standard InChI is InChI=1S/C33H41N3O12S3/c1-19(32(39)34-50(5,41)42)10-24(37)30-15-21-12-27(26(46-4)16-29(21)49-30)47-8-7-9-48-28-14-23-18-36(17-22(23)13-25(28)45-3)31(38)11-20(2)33(40)35-51(6,43)44/h12-16,19-20H,7-11,17-18H2,1-6H3,(H,34,39)(H,35,40). The second kappa shape index (κ2) is 16.3. The molecule has 1 aliphatic heterocycles. The number of ketones is 1. The molecule has 2 heterocycles. The summed E-state index contributed by atoms with van der Waals surface area (Å²) >= 11 is 1.23. The molecule has 0 bridgehead atoms. The van der Waals surface area contributed by atoms with Gasteiger partial charge in [-0.05, 0) is 40.8 Å². The summed E-state index contributed by atoms with van der Waals surface area (Å²) in [5.41, 5.74) is 1.73. The molecule has 2 unspecified atom stereocenters. The lowest BCUT2D eigenvalue weighted by molar-refractivity contribution is -0.135. The zero-order valence-electron chi connectivity index (χ0n) is 29.1. The first-order chi connectivity index (χ1) is 23.9. The number of methoxy groups -OCH3 is 2. The molecule has 4 rings (SSSR count). The molecular formula is C33H41N3O12S3. The highest BCUT2D eigenvalue weighted by molar-refractivity contribution is 7.89. The molecule has 0 spiro atoms. The van der Waals surface area contributed by atoms with E-state index in [4.69, 9.17) is 18.9 Å². The van der Waals surface area contributed by atoms with Gasteiger partial charge in [0.25, 0.3) is 0 Å². The number of hydrogen-bond donors (Lipinski definition) is 2. The average Bonchev–Trinajstić information content (AvgIpc) is 3.65. The first-order valence-electron chi connectivity index (χ1n) is 15.8. The number of rotatable bonds is 17. The molecule has 18 heteroatoms. The van der Waals surface area contributed by atoms with Crippen molar-refractivity contribution in [1.29, 1.82) is 0 Å². The number of carbonyl (C=O) groups is 4. The Morgan fingerprint density at radius 3 is 1.76 bits per heavy atom. The first-order valence-corrected chi connectivity index (χ1v) is 20.4. The van der Waals surface area contributed by atoms with Crippen molar-refractivity contribution in [2.75, 3.05) is 39.9 Å². The Morgan fingerprint density at radius 2 is 1.24 bits per heavy atom. The van der Waals surface area contributed by atoms with Gasteiger partial charge in [0.05, 0.1) is 44.8 Å². The Hall–Kier alpha value is -4.42. The van der Waals surface area contributed by atoms with Gasteiger partial charge >= 0.3 is 0 Å². The van der Waals surface area contributed by atoms with Crippen LogP contribution in [0.1, 0.15) is 53.9 Å². The highest BCUT2D eigenvalue weighted by Gasteiger charge is 2.29. The Kier molecular flexibility index (Phi) is 12.6. The van der Waals surface area contributed by atoms with Crippen LogP contribution in [-0.2, 0) is 47.5 Å². The quantitative estimate of drug-likeness (QED) is 0.151. The molecular weight excluding hydrogens is 727 g/mol. The lowest BCUT2D eigenvalue weighted by Crippen LogP contribution is -2.36. The van der Waals surface area contributed by atoms with Gasteiger partial charge in [0.2, 0.25) is 37.8 Å². The summed E-state index contributed by atoms with van der Waals surface area (Å²) in [5.74, 6) is -1.81. The lowest BCUT2D eigenvalue weighted by Gasteiger charge is -2.18. The van der Waals surface area contributed by atoms with E-state index in [0.29, 0.717) is 47.4 Å². The summed E-state index contributed by atoms with van der Waals surface area (Å²) in [6.07, 6.45) is 1.94. The third kappa shape index (κ3) is 10.8. The Morgan fingerprint density at radius 1 is 0.745 bits per heavy atom. The molecule has 51 heavy (non-hydrogen) atoms. The molecule has 2 N–H and O–H groups in total. The van der Waals surface area contributed by atoms with Gasteiger partial charge in [-0.15, -0.1) is 11.3 Å². The van der Waals surface area contributed by atoms with Crippen molar-refractivity contribution < 1.29 is 55.0 Å². The Labute approximate surface area is 300 Å². The average molecular weight is 768 g/mol. The van der Waals surface area contributed by atoms with E-state index in [1.807, 2.05) is 15.5 Å². The van der Waals surface area contributed by atoms with Crippen molar-refractivity contribution in [3.05, 3.63) is 46.3 Å². The molecule has 1 aromatic heterocycles. The topological polar surface area (TPSA) is 201 Å². The summed E-state index contributed by atoms with van der Waals surface area (Å²) in [5, 5.41) is 0.741. The molecule has 0 fully saturated rings. The van der Waals surface area contributed by atoms with Crippen LogP contribution >= 0.6 is 11.3 Å². The smallest absolute Gasteiger partial charge is 0.236 e. The van der Waals surface area contributed by atoms with E-state index in [-0.39, 0.29) is 37.7 Å². The van der Waals surface area contributed by atoms with Crippen molar-refractivity contribution >= 4 is 65.0 Å². The van der Waals surface area contributed by atoms with Crippen molar-refractivity contribution in [2.45, 2.75) is 46.2 Å². The number of benzene rings is 2. The van der Waals surface area contributed by atoms with Gasteiger partial charge in [0.15, 0.2) is 28.8 Å². The van der Waals surface area contributed by atoms with Crippen LogP contribution < -0.4 is 28.4 Å². The van der Waals surface area contributed by atoms with E-state index in [2.05, 4.69) is 0 Å². The number of ether oxygens (including phenoxy) is 4. The Balaban J connectivity index is 1.32.